The zero-order chi connectivity index (χ0) is 13.0. The molecule has 4 atom stereocenters. The molecule has 0 aromatic rings. The van der Waals surface area contributed by atoms with Crippen LogP contribution >= 0.6 is 0 Å². The summed E-state index contributed by atoms with van der Waals surface area (Å²) in [6.07, 6.45) is 6.64. The molecule has 1 aliphatic carbocycles. The van der Waals surface area contributed by atoms with Crippen molar-refractivity contribution in [1.82, 2.24) is 0 Å². The van der Waals surface area contributed by atoms with Gasteiger partial charge in [-0.1, -0.05) is 6.42 Å². The highest BCUT2D eigenvalue weighted by molar-refractivity contribution is 6.51. The van der Waals surface area contributed by atoms with Gasteiger partial charge in [-0.2, -0.15) is 0 Å². The van der Waals surface area contributed by atoms with Crippen molar-refractivity contribution in [2.24, 2.45) is 5.92 Å². The number of hydrogen-bond acceptors (Lipinski definition) is 4. The minimum Gasteiger partial charge on any atom is -0.467 e. The van der Waals surface area contributed by atoms with Crippen molar-refractivity contribution in [3.8, 4) is 0 Å². The molecule has 18 heavy (non-hydrogen) atoms. The van der Waals surface area contributed by atoms with Crippen LogP contribution in [0.1, 0.15) is 39.5 Å². The lowest BCUT2D eigenvalue weighted by molar-refractivity contribution is -0.139. The highest BCUT2D eigenvalue weighted by Gasteiger charge is 2.43. The Labute approximate surface area is 111 Å². The van der Waals surface area contributed by atoms with Gasteiger partial charge in [0.15, 0.2) is 0 Å². The van der Waals surface area contributed by atoms with Gasteiger partial charge in [0.25, 0.3) is 0 Å². The second kappa shape index (κ2) is 6.68. The summed E-state index contributed by atoms with van der Waals surface area (Å²) in [6, 6.07) is 1.11. The van der Waals surface area contributed by atoms with Crippen molar-refractivity contribution < 1.29 is 18.7 Å². The molecule has 2 fully saturated rings. The fraction of sp³-hybridized carbons (Fsp3) is 0.923. The molecule has 1 aliphatic heterocycles. The van der Waals surface area contributed by atoms with Crippen molar-refractivity contribution in [3.05, 3.63) is 0 Å². The Morgan fingerprint density at radius 2 is 2.22 bits per heavy atom. The van der Waals surface area contributed by atoms with Gasteiger partial charge in [-0.05, 0) is 38.1 Å². The van der Waals surface area contributed by atoms with Gasteiger partial charge in [0.05, 0.1) is 12.2 Å². The molecule has 1 heterocycles. The number of hydrogen-bond donors (Lipinski definition) is 0. The molecule has 4 nitrogen and oxygen atoms in total. The van der Waals surface area contributed by atoms with Gasteiger partial charge >= 0.3 is 5.97 Å². The summed E-state index contributed by atoms with van der Waals surface area (Å²) >= 11 is 0. The number of epoxide rings is 1. The number of fused-ring (bicyclic) bond motifs is 1. The van der Waals surface area contributed by atoms with Gasteiger partial charge in [-0.25, -0.2) is 0 Å². The lowest BCUT2D eigenvalue weighted by Gasteiger charge is -2.21. The van der Waals surface area contributed by atoms with E-state index in [2.05, 4.69) is 0 Å². The lowest BCUT2D eigenvalue weighted by Crippen LogP contribution is -2.27. The maximum absolute atomic E-state index is 10.8. The standard InChI is InChI=1S/C13H24O4Si/c1-3-16-18(9-15-10(2)14)7-6-11-4-5-12-13(8-11)17-12/h11-13,18H,3-9H2,1-2H3. The van der Waals surface area contributed by atoms with Gasteiger partial charge < -0.3 is 13.9 Å². The van der Waals surface area contributed by atoms with Crippen LogP contribution in [0.15, 0.2) is 0 Å². The van der Waals surface area contributed by atoms with Crippen LogP contribution in [0.3, 0.4) is 0 Å². The van der Waals surface area contributed by atoms with Crippen LogP contribution in [-0.2, 0) is 18.7 Å². The van der Waals surface area contributed by atoms with Crippen LogP contribution in [0.4, 0.5) is 0 Å². The summed E-state index contributed by atoms with van der Waals surface area (Å²) in [5, 5.41) is 0. The average molecular weight is 272 g/mol. The molecular weight excluding hydrogens is 248 g/mol. The van der Waals surface area contributed by atoms with E-state index in [4.69, 9.17) is 13.9 Å². The predicted octanol–water partition coefficient (Wildman–Crippen LogP) is 1.81. The minimum atomic E-state index is -1.35. The molecule has 104 valence electrons. The van der Waals surface area contributed by atoms with Gasteiger partial charge in [0.1, 0.15) is 6.23 Å². The third-order valence-electron chi connectivity index (χ3n) is 3.88. The van der Waals surface area contributed by atoms with E-state index in [1.165, 1.54) is 32.6 Å². The molecule has 2 rings (SSSR count). The summed E-state index contributed by atoms with van der Waals surface area (Å²) in [5.74, 6) is 0.598. The predicted molar refractivity (Wildman–Crippen MR) is 70.8 cm³/mol. The van der Waals surface area contributed by atoms with E-state index >= 15 is 0 Å². The molecule has 0 aromatic heterocycles. The third kappa shape index (κ3) is 4.37. The van der Waals surface area contributed by atoms with Crippen LogP contribution in [-0.4, -0.2) is 40.1 Å². The average Bonchev–Trinajstić information content (AvgIpc) is 3.10. The quantitative estimate of drug-likeness (QED) is 0.403. The van der Waals surface area contributed by atoms with E-state index in [0.29, 0.717) is 18.4 Å². The maximum atomic E-state index is 10.8. The summed E-state index contributed by atoms with van der Waals surface area (Å²) < 4.78 is 16.4. The van der Waals surface area contributed by atoms with Crippen LogP contribution in [0.2, 0.25) is 6.04 Å². The van der Waals surface area contributed by atoms with Gasteiger partial charge in [0.2, 0.25) is 9.04 Å². The summed E-state index contributed by atoms with van der Waals surface area (Å²) in [5.41, 5.74) is 0. The molecule has 1 saturated heterocycles. The van der Waals surface area contributed by atoms with E-state index in [-0.39, 0.29) is 5.97 Å². The van der Waals surface area contributed by atoms with Crippen LogP contribution in [0, 0.1) is 5.92 Å². The Balaban J connectivity index is 1.65. The molecule has 1 saturated carbocycles. The second-order valence-corrected chi connectivity index (χ2v) is 7.84. The second-order valence-electron chi connectivity index (χ2n) is 5.35. The van der Waals surface area contributed by atoms with Crippen LogP contribution in [0.25, 0.3) is 0 Å². The Bertz CT molecular complexity index is 284. The van der Waals surface area contributed by atoms with Crippen LogP contribution in [0.5, 0.6) is 0 Å². The molecule has 0 spiro atoms. The Kier molecular flexibility index (Phi) is 5.21. The Morgan fingerprint density at radius 3 is 2.89 bits per heavy atom. The molecular formula is C13H24O4Si. The highest BCUT2D eigenvalue weighted by atomic mass is 28.3. The first-order valence-electron chi connectivity index (χ1n) is 7.09. The SMILES string of the molecule is CCO[SiH](CCC1CCC2OC2C1)COC(C)=O. The molecule has 5 heteroatoms. The smallest absolute Gasteiger partial charge is 0.302 e. The van der Waals surface area contributed by atoms with E-state index in [0.717, 1.165) is 18.6 Å². The fourth-order valence-electron chi connectivity index (χ4n) is 2.83. The molecule has 2 aliphatic rings. The molecule has 0 N–H and O–H groups in total. The monoisotopic (exact) mass is 272 g/mol. The summed E-state index contributed by atoms with van der Waals surface area (Å²) in [7, 11) is -1.35. The normalized spacial score (nSPS) is 31.6. The number of rotatable bonds is 7. The van der Waals surface area contributed by atoms with E-state index in [1.54, 1.807) is 0 Å². The first-order valence-corrected chi connectivity index (χ1v) is 9.20. The van der Waals surface area contributed by atoms with Crippen molar-refractivity contribution in [3.63, 3.8) is 0 Å². The van der Waals surface area contributed by atoms with Gasteiger partial charge in [-0.3, -0.25) is 4.79 Å². The Hall–Kier alpha value is -0.393. The largest absolute Gasteiger partial charge is 0.467 e. The third-order valence-corrected chi connectivity index (χ3v) is 6.20. The first-order chi connectivity index (χ1) is 8.69. The number of carbonyl (C=O) groups is 1. The van der Waals surface area contributed by atoms with Gasteiger partial charge in [-0.15, -0.1) is 0 Å². The number of esters is 1. The van der Waals surface area contributed by atoms with Crippen molar-refractivity contribution in [2.45, 2.75) is 57.8 Å². The molecule has 4 unspecified atom stereocenters. The zero-order valence-corrected chi connectivity index (χ0v) is 12.5. The molecule has 0 aromatic carbocycles. The van der Waals surface area contributed by atoms with Crippen molar-refractivity contribution in [1.29, 1.82) is 0 Å². The summed E-state index contributed by atoms with van der Waals surface area (Å²) in [6.45, 7) is 4.21. The van der Waals surface area contributed by atoms with E-state index in [9.17, 15) is 4.79 Å². The lowest BCUT2D eigenvalue weighted by atomic mass is 9.88. The number of carbonyl (C=O) groups excluding carboxylic acids is 1. The van der Waals surface area contributed by atoms with Gasteiger partial charge in [0, 0.05) is 13.5 Å². The fourth-order valence-corrected chi connectivity index (χ4v) is 5.00. The van der Waals surface area contributed by atoms with Crippen molar-refractivity contribution in [2.75, 3.05) is 12.8 Å². The highest BCUT2D eigenvalue weighted by Crippen LogP contribution is 2.41. The minimum absolute atomic E-state index is 0.195. The summed E-state index contributed by atoms with van der Waals surface area (Å²) in [4.78, 5) is 10.8. The van der Waals surface area contributed by atoms with Crippen molar-refractivity contribution >= 4 is 15.0 Å². The Morgan fingerprint density at radius 1 is 1.39 bits per heavy atom. The van der Waals surface area contributed by atoms with Crippen LogP contribution < -0.4 is 0 Å². The first kappa shape index (κ1) is 14.0. The number of ether oxygens (including phenoxy) is 2. The maximum Gasteiger partial charge on any atom is 0.302 e. The van der Waals surface area contributed by atoms with E-state index < -0.39 is 9.04 Å². The zero-order valence-electron chi connectivity index (χ0n) is 11.4. The molecule has 0 radical (unpaired) electrons. The van der Waals surface area contributed by atoms with E-state index in [1.807, 2.05) is 6.92 Å². The molecule has 0 amide bonds. The molecule has 0 bridgehead atoms. The topological polar surface area (TPSA) is 48.1 Å².